The average Bonchev–Trinajstić information content (AvgIpc) is 2.62. The van der Waals surface area contributed by atoms with Gasteiger partial charge in [-0.2, -0.15) is 0 Å². The van der Waals surface area contributed by atoms with Crippen LogP contribution in [-0.4, -0.2) is 5.78 Å². The zero-order valence-electron chi connectivity index (χ0n) is 17.5. The summed E-state index contributed by atoms with van der Waals surface area (Å²) in [6, 6.07) is 8.61. The Morgan fingerprint density at radius 3 is 2.17 bits per heavy atom. The van der Waals surface area contributed by atoms with Crippen LogP contribution in [0.5, 0.6) is 0 Å². The van der Waals surface area contributed by atoms with Gasteiger partial charge in [-0.15, -0.1) is 0 Å². The fourth-order valence-corrected chi connectivity index (χ4v) is 2.40. The Labute approximate surface area is 152 Å². The summed E-state index contributed by atoms with van der Waals surface area (Å²) in [5.74, 6) is 1.16. The Bertz CT molecular complexity index is 395. The van der Waals surface area contributed by atoms with Crippen LogP contribution in [0.3, 0.4) is 0 Å². The lowest BCUT2D eigenvalue weighted by atomic mass is 9.97. The smallest absolute Gasteiger partial charge is 0.132 e. The van der Waals surface area contributed by atoms with Gasteiger partial charge in [-0.3, -0.25) is 4.79 Å². The first kappa shape index (κ1) is 25.1. The highest BCUT2D eigenvalue weighted by Crippen LogP contribution is 2.15. The first-order valence-corrected chi connectivity index (χ1v) is 10.1. The van der Waals surface area contributed by atoms with Crippen molar-refractivity contribution in [2.24, 2.45) is 5.92 Å². The van der Waals surface area contributed by atoms with E-state index in [0.717, 1.165) is 25.2 Å². The fraction of sp³-hybridized carbons (Fsp3) is 0.696. The first-order chi connectivity index (χ1) is 11.5. The molecule has 0 aromatic heterocycles. The highest BCUT2D eigenvalue weighted by Gasteiger charge is 2.04. The molecule has 140 valence electrons. The molecule has 0 aliphatic rings. The summed E-state index contributed by atoms with van der Waals surface area (Å²) < 4.78 is 0. The van der Waals surface area contributed by atoms with E-state index in [2.05, 4.69) is 52.0 Å². The van der Waals surface area contributed by atoms with E-state index in [1.165, 1.54) is 36.8 Å². The van der Waals surface area contributed by atoms with Crippen molar-refractivity contribution >= 4 is 5.78 Å². The molecule has 0 radical (unpaired) electrons. The maximum atomic E-state index is 11.0. The van der Waals surface area contributed by atoms with E-state index < -0.39 is 0 Å². The highest BCUT2D eigenvalue weighted by atomic mass is 16.1. The van der Waals surface area contributed by atoms with Crippen LogP contribution >= 0.6 is 0 Å². The van der Waals surface area contributed by atoms with Gasteiger partial charge in [-0.1, -0.05) is 97.1 Å². The lowest BCUT2D eigenvalue weighted by molar-refractivity contribution is -0.119. The monoisotopic (exact) mass is 334 g/mol. The minimum Gasteiger partial charge on any atom is -0.300 e. The maximum absolute atomic E-state index is 11.0. The molecule has 1 atom stereocenters. The third-order valence-corrected chi connectivity index (χ3v) is 4.10. The van der Waals surface area contributed by atoms with Crippen molar-refractivity contribution in [3.63, 3.8) is 0 Å². The van der Waals surface area contributed by atoms with Crippen molar-refractivity contribution in [1.82, 2.24) is 0 Å². The van der Waals surface area contributed by atoms with Crippen LogP contribution in [0.25, 0.3) is 0 Å². The van der Waals surface area contributed by atoms with Gasteiger partial charge < -0.3 is 0 Å². The lowest BCUT2D eigenvalue weighted by Crippen LogP contribution is -2.01. The fourth-order valence-electron chi connectivity index (χ4n) is 2.40. The number of aryl methyl sites for hydroxylation is 2. The van der Waals surface area contributed by atoms with Crippen molar-refractivity contribution in [2.45, 2.75) is 99.8 Å². The Balaban J connectivity index is 0. The number of carbonyl (C=O) groups excluding carboxylic acids is 1. The van der Waals surface area contributed by atoms with Crippen molar-refractivity contribution in [3.8, 4) is 0 Å². The lowest BCUT2D eigenvalue weighted by Gasteiger charge is -2.09. The quantitative estimate of drug-likeness (QED) is 0.426. The minimum absolute atomic E-state index is 0.419. The van der Waals surface area contributed by atoms with Gasteiger partial charge in [0.25, 0.3) is 0 Å². The molecule has 1 rings (SSSR count). The molecular weight excluding hydrogens is 292 g/mol. The minimum atomic E-state index is 0.419. The molecule has 0 heterocycles. The van der Waals surface area contributed by atoms with Crippen LogP contribution in [0.2, 0.25) is 0 Å². The van der Waals surface area contributed by atoms with E-state index in [4.69, 9.17) is 0 Å². The van der Waals surface area contributed by atoms with Crippen LogP contribution < -0.4 is 0 Å². The van der Waals surface area contributed by atoms with Gasteiger partial charge in [0, 0.05) is 12.8 Å². The van der Waals surface area contributed by atoms with Crippen LogP contribution in [0.15, 0.2) is 24.3 Å². The molecule has 0 spiro atoms. The van der Waals surface area contributed by atoms with Crippen LogP contribution in [0.4, 0.5) is 0 Å². The molecule has 0 saturated heterocycles. The van der Waals surface area contributed by atoms with Gasteiger partial charge >= 0.3 is 0 Å². The summed E-state index contributed by atoms with van der Waals surface area (Å²) in [4.78, 5) is 11.0. The van der Waals surface area contributed by atoms with Gasteiger partial charge in [0.15, 0.2) is 0 Å². The molecule has 1 aromatic carbocycles. The van der Waals surface area contributed by atoms with Crippen molar-refractivity contribution in [2.75, 3.05) is 0 Å². The molecule has 0 amide bonds. The number of Topliss-reactive ketones (excluding diaryl/α,β-unsaturated/α-hetero) is 1. The Kier molecular flexibility index (Phi) is 19.1. The van der Waals surface area contributed by atoms with E-state index in [9.17, 15) is 4.79 Å². The van der Waals surface area contributed by atoms with Crippen molar-refractivity contribution in [1.29, 1.82) is 0 Å². The Morgan fingerprint density at radius 2 is 1.71 bits per heavy atom. The average molecular weight is 335 g/mol. The second-order valence-electron chi connectivity index (χ2n) is 6.37. The third kappa shape index (κ3) is 15.8. The van der Waals surface area contributed by atoms with E-state index in [1.807, 2.05) is 20.8 Å². The number of ketones is 1. The predicted octanol–water partition coefficient (Wildman–Crippen LogP) is 7.55. The molecule has 1 aromatic rings. The van der Waals surface area contributed by atoms with E-state index in [0.29, 0.717) is 12.2 Å². The zero-order valence-corrected chi connectivity index (χ0v) is 17.5. The number of hydrogen-bond acceptors (Lipinski definition) is 1. The largest absolute Gasteiger partial charge is 0.300 e. The molecule has 1 nitrogen and oxygen atoms in total. The Morgan fingerprint density at radius 1 is 1.04 bits per heavy atom. The summed E-state index contributed by atoms with van der Waals surface area (Å²) in [6.07, 6.45) is 9.00. The Hall–Kier alpha value is -1.11. The summed E-state index contributed by atoms with van der Waals surface area (Å²) in [6.45, 7) is 14.7. The number of unbranched alkanes of at least 4 members (excludes halogenated alkanes) is 2. The van der Waals surface area contributed by atoms with Gasteiger partial charge in [0.05, 0.1) is 0 Å². The molecule has 0 fully saturated rings. The predicted molar refractivity (Wildman–Crippen MR) is 110 cm³/mol. The molecule has 1 unspecified atom stereocenters. The van der Waals surface area contributed by atoms with Crippen molar-refractivity contribution < 1.29 is 4.79 Å². The first-order valence-electron chi connectivity index (χ1n) is 10.1. The molecule has 0 N–H and O–H groups in total. The molecule has 24 heavy (non-hydrogen) atoms. The number of carbonyl (C=O) groups is 1. The summed E-state index contributed by atoms with van der Waals surface area (Å²) in [5.41, 5.74) is 2.78. The summed E-state index contributed by atoms with van der Waals surface area (Å²) >= 11 is 0. The van der Waals surface area contributed by atoms with Gasteiger partial charge in [-0.05, 0) is 31.2 Å². The second-order valence-corrected chi connectivity index (χ2v) is 6.37. The molecular formula is C23H42O. The molecule has 0 aliphatic carbocycles. The normalized spacial score (nSPS) is 10.8. The molecule has 0 saturated carbocycles. The van der Waals surface area contributed by atoms with Gasteiger partial charge in [-0.25, -0.2) is 0 Å². The van der Waals surface area contributed by atoms with E-state index in [-0.39, 0.29) is 0 Å². The zero-order chi connectivity index (χ0) is 18.8. The van der Waals surface area contributed by atoms with Gasteiger partial charge in [0.2, 0.25) is 0 Å². The highest BCUT2D eigenvalue weighted by molar-refractivity contribution is 5.77. The number of hydrogen-bond donors (Lipinski definition) is 0. The van der Waals surface area contributed by atoms with Crippen molar-refractivity contribution in [3.05, 3.63) is 35.4 Å². The van der Waals surface area contributed by atoms with Gasteiger partial charge in [0.1, 0.15) is 5.78 Å². The standard InChI is InChI=1S/C12H24O.C9H12.C2H6/c1-4-6-7-8-11(3)9-10-12(13)5-2;1-3-9-6-4-5-8(2)7-9;1-2/h11H,4-10H2,1-3H3;4-7H,3H2,1-2H3;1-2H3. The maximum Gasteiger partial charge on any atom is 0.132 e. The van der Waals surface area contributed by atoms with Crippen LogP contribution in [-0.2, 0) is 11.2 Å². The number of rotatable bonds is 9. The van der Waals surface area contributed by atoms with Crippen LogP contribution in [0.1, 0.15) is 97.6 Å². The summed E-state index contributed by atoms with van der Waals surface area (Å²) in [7, 11) is 0. The molecule has 0 bridgehead atoms. The third-order valence-electron chi connectivity index (χ3n) is 4.10. The van der Waals surface area contributed by atoms with E-state index >= 15 is 0 Å². The molecule has 0 aliphatic heterocycles. The molecule has 1 heteroatoms. The topological polar surface area (TPSA) is 17.1 Å². The SMILES string of the molecule is CC.CCCCCC(C)CCC(=O)CC.CCc1cccc(C)c1. The summed E-state index contributed by atoms with van der Waals surface area (Å²) in [5, 5.41) is 0. The van der Waals surface area contributed by atoms with E-state index in [1.54, 1.807) is 0 Å². The number of benzene rings is 1. The van der Waals surface area contributed by atoms with Crippen LogP contribution in [0, 0.1) is 12.8 Å². The second kappa shape index (κ2) is 18.2.